The first-order valence-electron chi connectivity index (χ1n) is 13.2. The minimum Gasteiger partial charge on any atom is -0.463 e. The second-order valence-electron chi connectivity index (χ2n) is 10.0. The molecule has 0 spiro atoms. The Morgan fingerprint density at radius 2 is 1.61 bits per heavy atom. The van der Waals surface area contributed by atoms with Crippen LogP contribution in [0, 0.1) is 47.8 Å². The predicted octanol–water partition coefficient (Wildman–Crippen LogP) is 3.49. The van der Waals surface area contributed by atoms with Gasteiger partial charge in [0.15, 0.2) is 46.9 Å². The van der Waals surface area contributed by atoms with E-state index in [9.17, 15) is 45.9 Å². The van der Waals surface area contributed by atoms with E-state index in [4.69, 9.17) is 18.9 Å². The summed E-state index contributed by atoms with van der Waals surface area (Å²) < 4.78 is 90.0. The summed E-state index contributed by atoms with van der Waals surface area (Å²) in [4.78, 5) is 67.6. The molecular formula is C28H27F5N2O9. The third-order valence-electron chi connectivity index (χ3n) is 6.53. The molecular weight excluding hydrogens is 603 g/mol. The lowest BCUT2D eigenvalue weighted by Crippen LogP contribution is -2.47. The van der Waals surface area contributed by atoms with Crippen LogP contribution in [0.15, 0.2) is 12.3 Å². The van der Waals surface area contributed by atoms with Gasteiger partial charge in [0.2, 0.25) is 5.82 Å². The fourth-order valence-electron chi connectivity index (χ4n) is 4.07. The van der Waals surface area contributed by atoms with Gasteiger partial charge in [-0.3, -0.25) is 14.4 Å². The lowest BCUT2D eigenvalue weighted by atomic mass is 9.95. The van der Waals surface area contributed by atoms with Crippen LogP contribution in [-0.2, 0) is 28.6 Å². The maximum absolute atomic E-state index is 14.2. The van der Waals surface area contributed by atoms with Crippen molar-refractivity contribution >= 4 is 29.8 Å². The average molecular weight is 631 g/mol. The summed E-state index contributed by atoms with van der Waals surface area (Å²) in [5.41, 5.74) is -2.71. The van der Waals surface area contributed by atoms with Gasteiger partial charge in [0.1, 0.15) is 18.3 Å². The highest BCUT2D eigenvalue weighted by Crippen LogP contribution is 2.28. The fourth-order valence-corrected chi connectivity index (χ4v) is 4.07. The van der Waals surface area contributed by atoms with Gasteiger partial charge in [0, 0.05) is 6.20 Å². The number of pyridine rings is 1. The molecule has 1 aliphatic rings. The number of rotatable bonds is 7. The Balaban J connectivity index is 1.89. The molecule has 1 amide bonds. The molecule has 1 aromatic heterocycles. The third-order valence-corrected chi connectivity index (χ3v) is 6.53. The molecule has 0 unspecified atom stereocenters. The molecule has 0 saturated carbocycles. The number of carbonyl (C=O) groups is 5. The van der Waals surface area contributed by atoms with E-state index in [2.05, 4.69) is 10.3 Å². The lowest BCUT2D eigenvalue weighted by molar-refractivity contribution is -0.176. The SMILES string of the molecule is CC[C@H]1C(=O)OC[C@H](NC(=O)c2nccc(C)c2OC(=O)c2c(F)c(F)c(F)c(F)c2F)C(=O)O[C@@H](C)[C@@H]1OC(=O)C(C)C. The molecule has 3 rings (SSSR count). The Hall–Kier alpha value is -4.63. The molecule has 2 aromatic rings. The second-order valence-corrected chi connectivity index (χ2v) is 10.0. The van der Waals surface area contributed by atoms with Gasteiger partial charge in [-0.2, -0.15) is 0 Å². The van der Waals surface area contributed by atoms with Gasteiger partial charge in [-0.25, -0.2) is 36.5 Å². The van der Waals surface area contributed by atoms with Gasteiger partial charge in [0.05, 0.1) is 11.8 Å². The zero-order chi connectivity index (χ0) is 33.0. The summed E-state index contributed by atoms with van der Waals surface area (Å²) in [5.74, 6) is -20.5. The average Bonchev–Trinajstić information content (AvgIpc) is 3.00. The largest absolute Gasteiger partial charge is 0.463 e. The Bertz CT molecular complexity index is 1470. The number of cyclic esters (lactones) is 2. The number of nitrogens with zero attached hydrogens (tertiary/aromatic N) is 1. The Morgan fingerprint density at radius 1 is 1.02 bits per heavy atom. The molecule has 16 heteroatoms. The summed E-state index contributed by atoms with van der Waals surface area (Å²) in [5, 5.41) is 2.19. The number of aromatic nitrogens is 1. The number of benzene rings is 1. The van der Waals surface area contributed by atoms with Crippen LogP contribution in [0.1, 0.15) is 60.5 Å². The number of hydrogen-bond acceptors (Lipinski definition) is 10. The molecule has 11 nitrogen and oxygen atoms in total. The lowest BCUT2D eigenvalue weighted by Gasteiger charge is -2.29. The number of hydrogen-bond donors (Lipinski definition) is 1. The minimum absolute atomic E-state index is 0.0416. The monoisotopic (exact) mass is 630 g/mol. The second kappa shape index (κ2) is 13.8. The van der Waals surface area contributed by atoms with Crippen molar-refractivity contribution in [2.75, 3.05) is 6.61 Å². The number of ether oxygens (including phenoxy) is 4. The van der Waals surface area contributed by atoms with Gasteiger partial charge < -0.3 is 24.3 Å². The van der Waals surface area contributed by atoms with Gasteiger partial charge in [-0.1, -0.05) is 20.8 Å². The zero-order valence-corrected chi connectivity index (χ0v) is 24.0. The van der Waals surface area contributed by atoms with Crippen LogP contribution in [0.3, 0.4) is 0 Å². The van der Waals surface area contributed by atoms with E-state index in [1.54, 1.807) is 20.8 Å². The van der Waals surface area contributed by atoms with Crippen LogP contribution < -0.4 is 10.1 Å². The van der Waals surface area contributed by atoms with Crippen molar-refractivity contribution in [3.8, 4) is 5.75 Å². The van der Waals surface area contributed by atoms with Gasteiger partial charge >= 0.3 is 23.9 Å². The maximum atomic E-state index is 14.2. The van der Waals surface area contributed by atoms with Crippen molar-refractivity contribution in [3.63, 3.8) is 0 Å². The van der Waals surface area contributed by atoms with E-state index in [0.29, 0.717) is 0 Å². The van der Waals surface area contributed by atoms with E-state index in [0.717, 1.165) is 6.20 Å². The number of aryl methyl sites for hydroxylation is 1. The number of esters is 4. The predicted molar refractivity (Wildman–Crippen MR) is 136 cm³/mol. The number of amides is 1. The molecule has 1 aliphatic heterocycles. The molecule has 0 bridgehead atoms. The van der Waals surface area contributed by atoms with Crippen LogP contribution in [-0.4, -0.2) is 59.6 Å². The van der Waals surface area contributed by atoms with Gasteiger partial charge in [0.25, 0.3) is 5.91 Å². The molecule has 238 valence electrons. The van der Waals surface area contributed by atoms with Crippen molar-refractivity contribution in [1.29, 1.82) is 0 Å². The van der Waals surface area contributed by atoms with E-state index in [1.807, 2.05) is 0 Å². The van der Waals surface area contributed by atoms with Crippen LogP contribution in [0.25, 0.3) is 0 Å². The normalized spacial score (nSPS) is 20.5. The fraction of sp³-hybridized carbons (Fsp3) is 0.429. The van der Waals surface area contributed by atoms with Gasteiger partial charge in [-0.15, -0.1) is 0 Å². The highest BCUT2D eigenvalue weighted by molar-refractivity contribution is 6.00. The number of nitrogens with one attached hydrogen (secondary N) is 1. The van der Waals surface area contributed by atoms with Gasteiger partial charge in [-0.05, 0) is 31.9 Å². The number of carbonyl (C=O) groups excluding carboxylic acids is 5. The van der Waals surface area contributed by atoms with E-state index >= 15 is 0 Å². The van der Waals surface area contributed by atoms with E-state index in [1.165, 1.54) is 19.9 Å². The first-order chi connectivity index (χ1) is 20.6. The van der Waals surface area contributed by atoms with Crippen LogP contribution in [0.4, 0.5) is 22.0 Å². The topological polar surface area (TPSA) is 147 Å². The molecule has 1 aromatic carbocycles. The van der Waals surface area contributed by atoms with Crippen molar-refractivity contribution < 1.29 is 64.9 Å². The zero-order valence-electron chi connectivity index (χ0n) is 24.0. The number of halogens is 5. The molecule has 1 fully saturated rings. The van der Waals surface area contributed by atoms with Crippen LogP contribution in [0.5, 0.6) is 5.75 Å². The summed E-state index contributed by atoms with van der Waals surface area (Å²) >= 11 is 0. The summed E-state index contributed by atoms with van der Waals surface area (Å²) in [7, 11) is 0. The Morgan fingerprint density at radius 3 is 2.18 bits per heavy atom. The molecule has 1 N–H and O–H groups in total. The smallest absolute Gasteiger partial charge is 0.349 e. The molecule has 0 aliphatic carbocycles. The maximum Gasteiger partial charge on any atom is 0.349 e. The first-order valence-corrected chi connectivity index (χ1v) is 13.2. The molecule has 4 atom stereocenters. The molecule has 44 heavy (non-hydrogen) atoms. The highest BCUT2D eigenvalue weighted by atomic mass is 19.2. The van der Waals surface area contributed by atoms with Crippen molar-refractivity contribution in [1.82, 2.24) is 10.3 Å². The van der Waals surface area contributed by atoms with E-state index in [-0.39, 0.29) is 12.0 Å². The highest BCUT2D eigenvalue weighted by Gasteiger charge is 2.41. The van der Waals surface area contributed by atoms with Crippen molar-refractivity contribution in [2.45, 2.75) is 59.3 Å². The van der Waals surface area contributed by atoms with Crippen molar-refractivity contribution in [2.24, 2.45) is 11.8 Å². The van der Waals surface area contributed by atoms with Crippen LogP contribution in [0.2, 0.25) is 0 Å². The minimum atomic E-state index is -2.50. The van der Waals surface area contributed by atoms with E-state index < -0.39 is 113 Å². The summed E-state index contributed by atoms with van der Waals surface area (Å²) in [6.07, 6.45) is -1.19. The molecule has 0 radical (unpaired) electrons. The Kier molecular flexibility index (Phi) is 10.6. The van der Waals surface area contributed by atoms with Crippen molar-refractivity contribution in [3.05, 3.63) is 58.2 Å². The Labute approximate surface area is 247 Å². The summed E-state index contributed by atoms with van der Waals surface area (Å²) in [6.45, 7) is 6.63. The first kappa shape index (κ1) is 33.9. The van der Waals surface area contributed by atoms with Crippen LogP contribution >= 0.6 is 0 Å². The summed E-state index contributed by atoms with van der Waals surface area (Å²) in [6, 6.07) is -0.481. The molecule has 1 saturated heterocycles. The molecule has 2 heterocycles. The third kappa shape index (κ3) is 6.94. The quantitative estimate of drug-likeness (QED) is 0.159. The standard InChI is InChI=1S/C28H27F5N2O9/c1-6-13-23(44-25(37)10(2)3)12(5)42-27(39)14(9-41-26(13)38)35-24(36)21-22(11(4)7-8-34-21)43-28(40)15-16(29)18(31)20(33)19(32)17(15)30/h7-8,10,12-14,23H,6,9H2,1-5H3,(H,35,36)/t12-,13+,14-,23-/m0/s1.